The van der Waals surface area contributed by atoms with E-state index in [4.69, 9.17) is 19.7 Å². The molecule has 4 rings (SSSR count). The van der Waals surface area contributed by atoms with Crippen molar-refractivity contribution in [2.45, 2.75) is 163 Å². The molecule has 2 fully saturated rings. The summed E-state index contributed by atoms with van der Waals surface area (Å²) in [7, 11) is 6.08. The number of hydrogen-bond acceptors (Lipinski definition) is 10. The van der Waals surface area contributed by atoms with Crippen molar-refractivity contribution in [2.24, 2.45) is 39.4 Å². The van der Waals surface area contributed by atoms with Gasteiger partial charge in [0.15, 0.2) is 0 Å². The standard InChI is InChI=1S/C42H68O8S4/c1-28(10-9-20-38(2,3)50-37(48)19-27-54-52-25-17-35(45)46)29-13-22-42(8)31-11-12-32-39(4,5)33(49-36(47)18-26-53-51-24-16-34(43)44)15-21-40(32,6)30(31)14-23-41(29,42)7/h28-29,32-33H,9-27H2,1-8H3,(H,43,44)(H,45,46)/t28-,29-,32+,33?,40-,41-,42+/m1/s1. The Morgan fingerprint density at radius 3 is 1.93 bits per heavy atom. The molecule has 0 heterocycles. The summed E-state index contributed by atoms with van der Waals surface area (Å²) < 4.78 is 12.1. The molecule has 0 spiro atoms. The van der Waals surface area contributed by atoms with Gasteiger partial charge in [-0.05, 0) is 112 Å². The predicted octanol–water partition coefficient (Wildman–Crippen LogP) is 11.3. The number of aliphatic carboxylic acids is 2. The topological polar surface area (TPSA) is 127 Å². The van der Waals surface area contributed by atoms with Gasteiger partial charge in [-0.1, -0.05) is 102 Å². The third-order valence-electron chi connectivity index (χ3n) is 14.3. The van der Waals surface area contributed by atoms with Crippen molar-refractivity contribution >= 4 is 67.1 Å². The van der Waals surface area contributed by atoms with E-state index in [1.807, 2.05) is 13.8 Å². The second kappa shape index (κ2) is 19.2. The molecule has 0 saturated heterocycles. The van der Waals surface area contributed by atoms with Gasteiger partial charge in [-0.2, -0.15) is 0 Å². The van der Waals surface area contributed by atoms with Crippen LogP contribution in [-0.2, 0) is 28.7 Å². The monoisotopic (exact) mass is 828 g/mol. The maximum atomic E-state index is 12.9. The van der Waals surface area contributed by atoms with Crippen LogP contribution in [0.1, 0.15) is 152 Å². The zero-order valence-corrected chi connectivity index (χ0v) is 37.5. The van der Waals surface area contributed by atoms with Crippen molar-refractivity contribution in [3.05, 3.63) is 11.1 Å². The van der Waals surface area contributed by atoms with Crippen LogP contribution >= 0.6 is 43.2 Å². The largest absolute Gasteiger partial charge is 0.481 e. The maximum absolute atomic E-state index is 12.9. The summed E-state index contributed by atoms with van der Waals surface area (Å²) in [5.74, 6) is 2.19. The Balaban J connectivity index is 1.30. The van der Waals surface area contributed by atoms with Crippen LogP contribution in [0.2, 0.25) is 0 Å². The number of carboxylic acids is 2. The first-order chi connectivity index (χ1) is 25.3. The lowest BCUT2D eigenvalue weighted by molar-refractivity contribution is -0.169. The molecule has 7 atom stereocenters. The summed E-state index contributed by atoms with van der Waals surface area (Å²) in [6.45, 7) is 18.9. The Bertz CT molecular complexity index is 1380. The van der Waals surface area contributed by atoms with Crippen molar-refractivity contribution in [3.8, 4) is 0 Å². The molecule has 54 heavy (non-hydrogen) atoms. The number of esters is 2. The average Bonchev–Trinajstić information content (AvgIpc) is 3.36. The Morgan fingerprint density at radius 1 is 0.759 bits per heavy atom. The van der Waals surface area contributed by atoms with E-state index < -0.39 is 17.5 Å². The Hall–Kier alpha value is -0.980. The van der Waals surface area contributed by atoms with Crippen LogP contribution in [-0.4, -0.2) is 68.8 Å². The zero-order chi connectivity index (χ0) is 40.0. The van der Waals surface area contributed by atoms with E-state index >= 15 is 0 Å². The highest BCUT2D eigenvalue weighted by molar-refractivity contribution is 8.77. The fraction of sp³-hybridized carbons (Fsp3) is 0.857. The molecule has 0 aliphatic heterocycles. The molecule has 12 heteroatoms. The fourth-order valence-electron chi connectivity index (χ4n) is 11.2. The van der Waals surface area contributed by atoms with Gasteiger partial charge < -0.3 is 19.7 Å². The first-order valence-corrected chi connectivity index (χ1v) is 25.3. The van der Waals surface area contributed by atoms with E-state index in [2.05, 4.69) is 41.5 Å². The molecule has 0 aromatic heterocycles. The van der Waals surface area contributed by atoms with Crippen molar-refractivity contribution in [2.75, 3.05) is 23.0 Å². The van der Waals surface area contributed by atoms with Crippen molar-refractivity contribution in [1.29, 1.82) is 0 Å². The number of carboxylic acid groups (broad SMARTS) is 2. The van der Waals surface area contributed by atoms with Gasteiger partial charge in [0.05, 0.1) is 25.7 Å². The molecular weight excluding hydrogens is 761 g/mol. The van der Waals surface area contributed by atoms with Crippen LogP contribution in [0.5, 0.6) is 0 Å². The number of ether oxygens (including phenoxy) is 2. The lowest BCUT2D eigenvalue weighted by atomic mass is 9.43. The number of carbonyl (C=O) groups is 4. The minimum atomic E-state index is -0.797. The van der Waals surface area contributed by atoms with E-state index in [0.29, 0.717) is 53.6 Å². The van der Waals surface area contributed by atoms with Crippen LogP contribution in [0.15, 0.2) is 11.1 Å². The van der Waals surface area contributed by atoms with Crippen molar-refractivity contribution in [3.63, 3.8) is 0 Å². The van der Waals surface area contributed by atoms with Gasteiger partial charge in [-0.25, -0.2) is 0 Å². The van der Waals surface area contributed by atoms with Gasteiger partial charge in [-0.3, -0.25) is 19.2 Å². The van der Waals surface area contributed by atoms with E-state index in [1.54, 1.807) is 21.9 Å². The number of allylic oxidation sites excluding steroid dienone is 2. The molecule has 4 aliphatic carbocycles. The Labute approximate surface area is 341 Å². The quantitative estimate of drug-likeness (QED) is 0.0495. The average molecular weight is 829 g/mol. The predicted molar refractivity (Wildman–Crippen MR) is 226 cm³/mol. The van der Waals surface area contributed by atoms with Crippen LogP contribution in [0.4, 0.5) is 0 Å². The van der Waals surface area contributed by atoms with E-state index in [1.165, 1.54) is 58.1 Å². The van der Waals surface area contributed by atoms with Crippen molar-refractivity contribution in [1.82, 2.24) is 0 Å². The van der Waals surface area contributed by atoms with Crippen molar-refractivity contribution < 1.29 is 38.9 Å². The van der Waals surface area contributed by atoms with Crippen LogP contribution in [0, 0.1) is 39.4 Å². The van der Waals surface area contributed by atoms with Gasteiger partial charge in [0.2, 0.25) is 0 Å². The SMILES string of the molecule is C[C@H](CCCC(C)(C)OC(=O)CCSSCCC(=O)O)[C@H]1CC[C@@]2(C)C3=C(CC[C@]12C)[C@@]1(C)CCC(OC(=O)CCSSCCC(=O)O)C(C)(C)[C@@H]1CC3. The number of rotatable bonds is 21. The Kier molecular flexibility index (Phi) is 16.2. The summed E-state index contributed by atoms with van der Waals surface area (Å²) in [4.78, 5) is 46.9. The summed E-state index contributed by atoms with van der Waals surface area (Å²) in [5, 5.41) is 17.6. The second-order valence-corrected chi connectivity index (χ2v) is 23.8. The molecule has 308 valence electrons. The van der Waals surface area contributed by atoms with E-state index in [9.17, 15) is 19.2 Å². The van der Waals surface area contributed by atoms with E-state index in [0.717, 1.165) is 44.9 Å². The van der Waals surface area contributed by atoms with Gasteiger partial charge in [0, 0.05) is 28.4 Å². The number of carbonyl (C=O) groups excluding carboxylic acids is 2. The summed E-state index contributed by atoms with van der Waals surface area (Å²) in [5.41, 5.74) is 3.50. The molecular formula is C42H68O8S4. The summed E-state index contributed by atoms with van der Waals surface area (Å²) in [6.07, 6.45) is 13.1. The van der Waals surface area contributed by atoms with Gasteiger partial charge in [0.25, 0.3) is 0 Å². The minimum absolute atomic E-state index is 0.0792. The van der Waals surface area contributed by atoms with Crippen LogP contribution < -0.4 is 0 Å². The molecule has 2 saturated carbocycles. The molecule has 2 N–H and O–H groups in total. The molecule has 8 nitrogen and oxygen atoms in total. The lowest BCUT2D eigenvalue weighted by Gasteiger charge is -2.62. The lowest BCUT2D eigenvalue weighted by Crippen LogP contribution is -2.55. The van der Waals surface area contributed by atoms with Crippen LogP contribution in [0.25, 0.3) is 0 Å². The molecule has 0 bridgehead atoms. The molecule has 0 radical (unpaired) electrons. The number of hydrogen-bond donors (Lipinski definition) is 2. The zero-order valence-electron chi connectivity index (χ0n) is 34.2. The first-order valence-electron chi connectivity index (χ1n) is 20.3. The molecule has 0 aromatic carbocycles. The molecule has 0 aromatic rings. The summed E-state index contributed by atoms with van der Waals surface area (Å²) >= 11 is 0. The van der Waals surface area contributed by atoms with Crippen LogP contribution in [0.3, 0.4) is 0 Å². The highest BCUT2D eigenvalue weighted by Gasteiger charge is 2.63. The van der Waals surface area contributed by atoms with E-state index in [-0.39, 0.29) is 52.5 Å². The first kappa shape index (κ1) is 45.7. The Morgan fingerprint density at radius 2 is 1.33 bits per heavy atom. The van der Waals surface area contributed by atoms with Gasteiger partial charge in [-0.15, -0.1) is 0 Å². The normalized spacial score (nSPS) is 30.9. The van der Waals surface area contributed by atoms with Gasteiger partial charge >= 0.3 is 23.9 Å². The smallest absolute Gasteiger partial charge is 0.307 e. The van der Waals surface area contributed by atoms with Gasteiger partial charge in [0.1, 0.15) is 11.7 Å². The molecule has 4 aliphatic rings. The third-order valence-corrected chi connectivity index (χ3v) is 19.1. The molecule has 1 unspecified atom stereocenters. The molecule has 0 amide bonds. The minimum Gasteiger partial charge on any atom is -0.481 e. The number of fused-ring (bicyclic) bond motifs is 4. The highest BCUT2D eigenvalue weighted by Crippen LogP contribution is 2.72. The second-order valence-electron chi connectivity index (χ2n) is 18.4. The highest BCUT2D eigenvalue weighted by atomic mass is 33.1. The third kappa shape index (κ3) is 10.7. The fourth-order valence-corrected chi connectivity index (χ4v) is 15.2. The summed E-state index contributed by atoms with van der Waals surface area (Å²) in [6, 6.07) is 0. The maximum Gasteiger partial charge on any atom is 0.307 e.